The highest BCUT2D eigenvalue weighted by molar-refractivity contribution is 5.77. The summed E-state index contributed by atoms with van der Waals surface area (Å²) in [5.41, 5.74) is 1.67. The Morgan fingerprint density at radius 1 is 0.423 bits per heavy atom. The molecule has 26 heavy (non-hydrogen) atoms. The molecule has 0 aliphatic heterocycles. The first kappa shape index (κ1) is 19.3. The average Bonchev–Trinajstić information content (AvgIpc) is 2.70. The predicted molar refractivity (Wildman–Crippen MR) is 101 cm³/mol. The standard InChI is InChI=1S/C20H24O6/c1-21-15-11-19(25-5)17(23-3)9-13(15)7-8-14-10-18(24-4)20(26-6)12-16(14)22-2/h7-12H,1-6H3/b8-7+. The van der Waals surface area contributed by atoms with Crippen LogP contribution in [0.3, 0.4) is 0 Å². The van der Waals surface area contributed by atoms with Gasteiger partial charge in [0, 0.05) is 23.3 Å². The number of methoxy groups -OCH3 is 6. The molecule has 0 saturated carbocycles. The van der Waals surface area contributed by atoms with Gasteiger partial charge in [-0.1, -0.05) is 12.2 Å². The lowest BCUT2D eigenvalue weighted by Gasteiger charge is -2.13. The molecule has 6 nitrogen and oxygen atoms in total. The molecule has 0 saturated heterocycles. The van der Waals surface area contributed by atoms with Crippen molar-refractivity contribution in [3.05, 3.63) is 35.4 Å². The fourth-order valence-corrected chi connectivity index (χ4v) is 2.55. The van der Waals surface area contributed by atoms with Crippen molar-refractivity contribution >= 4 is 12.2 Å². The van der Waals surface area contributed by atoms with E-state index in [9.17, 15) is 0 Å². The Hall–Kier alpha value is -3.02. The van der Waals surface area contributed by atoms with E-state index in [2.05, 4.69) is 0 Å². The maximum absolute atomic E-state index is 5.45. The van der Waals surface area contributed by atoms with Gasteiger partial charge in [-0.15, -0.1) is 0 Å². The van der Waals surface area contributed by atoms with Crippen LogP contribution in [-0.4, -0.2) is 42.7 Å². The van der Waals surface area contributed by atoms with Gasteiger partial charge in [0.2, 0.25) is 0 Å². The third-order valence-electron chi connectivity index (χ3n) is 3.91. The number of hydrogen-bond donors (Lipinski definition) is 0. The minimum atomic E-state index is 0.602. The van der Waals surface area contributed by atoms with Crippen LogP contribution in [0.1, 0.15) is 11.1 Å². The van der Waals surface area contributed by atoms with Gasteiger partial charge in [0.15, 0.2) is 23.0 Å². The Morgan fingerprint density at radius 2 is 0.692 bits per heavy atom. The van der Waals surface area contributed by atoms with Crippen LogP contribution in [0.2, 0.25) is 0 Å². The minimum absolute atomic E-state index is 0.602. The van der Waals surface area contributed by atoms with Crippen LogP contribution in [0.5, 0.6) is 34.5 Å². The lowest BCUT2D eigenvalue weighted by Crippen LogP contribution is -1.95. The molecule has 0 heterocycles. The third-order valence-corrected chi connectivity index (χ3v) is 3.91. The van der Waals surface area contributed by atoms with Gasteiger partial charge >= 0.3 is 0 Å². The van der Waals surface area contributed by atoms with Crippen molar-refractivity contribution in [2.24, 2.45) is 0 Å². The van der Waals surface area contributed by atoms with Crippen molar-refractivity contribution < 1.29 is 28.4 Å². The summed E-state index contributed by atoms with van der Waals surface area (Å²) in [6.45, 7) is 0. The second-order valence-corrected chi connectivity index (χ2v) is 5.23. The van der Waals surface area contributed by atoms with Crippen LogP contribution in [0, 0.1) is 0 Å². The van der Waals surface area contributed by atoms with Gasteiger partial charge in [-0.3, -0.25) is 0 Å². The molecule has 2 rings (SSSR count). The Morgan fingerprint density at radius 3 is 0.962 bits per heavy atom. The highest BCUT2D eigenvalue weighted by Gasteiger charge is 2.12. The van der Waals surface area contributed by atoms with Crippen molar-refractivity contribution in [1.29, 1.82) is 0 Å². The van der Waals surface area contributed by atoms with E-state index in [1.54, 1.807) is 54.8 Å². The van der Waals surface area contributed by atoms with Gasteiger partial charge in [0.1, 0.15) is 11.5 Å². The summed E-state index contributed by atoms with van der Waals surface area (Å²) in [7, 11) is 9.57. The molecular formula is C20H24O6. The van der Waals surface area contributed by atoms with Gasteiger partial charge in [0.05, 0.1) is 42.7 Å². The first-order valence-corrected chi connectivity index (χ1v) is 7.89. The Bertz CT molecular complexity index is 717. The van der Waals surface area contributed by atoms with Crippen LogP contribution in [-0.2, 0) is 0 Å². The van der Waals surface area contributed by atoms with Crippen molar-refractivity contribution in [3.8, 4) is 34.5 Å². The molecule has 0 radical (unpaired) electrons. The van der Waals surface area contributed by atoms with Gasteiger partial charge in [-0.2, -0.15) is 0 Å². The van der Waals surface area contributed by atoms with Gasteiger partial charge in [-0.05, 0) is 12.1 Å². The summed E-state index contributed by atoms with van der Waals surface area (Å²) in [6, 6.07) is 7.26. The first-order chi connectivity index (χ1) is 12.6. The summed E-state index contributed by atoms with van der Waals surface area (Å²) in [6.07, 6.45) is 3.81. The molecule has 0 atom stereocenters. The second kappa shape index (κ2) is 8.89. The summed E-state index contributed by atoms with van der Waals surface area (Å²) in [4.78, 5) is 0. The van der Waals surface area contributed by atoms with Crippen LogP contribution >= 0.6 is 0 Å². The lowest BCUT2D eigenvalue weighted by molar-refractivity contribution is 0.348. The maximum Gasteiger partial charge on any atom is 0.164 e. The van der Waals surface area contributed by atoms with E-state index in [-0.39, 0.29) is 0 Å². The molecule has 0 fully saturated rings. The highest BCUT2D eigenvalue weighted by Crippen LogP contribution is 2.38. The predicted octanol–water partition coefficient (Wildman–Crippen LogP) is 3.91. The number of ether oxygens (including phenoxy) is 6. The molecule has 0 unspecified atom stereocenters. The molecular weight excluding hydrogens is 336 g/mol. The normalized spacial score (nSPS) is 10.5. The number of rotatable bonds is 8. The van der Waals surface area contributed by atoms with Crippen molar-refractivity contribution in [2.75, 3.05) is 42.7 Å². The molecule has 0 spiro atoms. The summed E-state index contributed by atoms with van der Waals surface area (Å²) >= 11 is 0. The van der Waals surface area contributed by atoms with Gasteiger partial charge in [0.25, 0.3) is 0 Å². The molecule has 0 amide bonds. The zero-order chi connectivity index (χ0) is 19.1. The number of hydrogen-bond acceptors (Lipinski definition) is 6. The monoisotopic (exact) mass is 360 g/mol. The van der Waals surface area contributed by atoms with Crippen molar-refractivity contribution in [3.63, 3.8) is 0 Å². The largest absolute Gasteiger partial charge is 0.496 e. The zero-order valence-electron chi connectivity index (χ0n) is 15.9. The average molecular weight is 360 g/mol. The zero-order valence-corrected chi connectivity index (χ0v) is 15.9. The fraction of sp³-hybridized carbons (Fsp3) is 0.300. The van der Waals surface area contributed by atoms with E-state index in [4.69, 9.17) is 28.4 Å². The fourth-order valence-electron chi connectivity index (χ4n) is 2.55. The molecule has 2 aromatic carbocycles. The van der Waals surface area contributed by atoms with Crippen molar-refractivity contribution in [2.45, 2.75) is 0 Å². The van der Waals surface area contributed by atoms with E-state index < -0.39 is 0 Å². The number of benzene rings is 2. The lowest BCUT2D eigenvalue weighted by atomic mass is 10.1. The summed E-state index contributed by atoms with van der Waals surface area (Å²) < 4.78 is 32.2. The summed E-state index contributed by atoms with van der Waals surface area (Å²) in [5, 5.41) is 0. The van der Waals surface area contributed by atoms with Crippen LogP contribution in [0.25, 0.3) is 12.2 Å². The Balaban J connectivity index is 2.49. The minimum Gasteiger partial charge on any atom is -0.496 e. The topological polar surface area (TPSA) is 55.4 Å². The Kier molecular flexibility index (Phi) is 6.60. The maximum atomic E-state index is 5.45. The van der Waals surface area contributed by atoms with Crippen LogP contribution < -0.4 is 28.4 Å². The molecule has 6 heteroatoms. The molecule has 0 bridgehead atoms. The van der Waals surface area contributed by atoms with Gasteiger partial charge < -0.3 is 28.4 Å². The quantitative estimate of drug-likeness (QED) is 0.666. The first-order valence-electron chi connectivity index (χ1n) is 7.89. The second-order valence-electron chi connectivity index (χ2n) is 5.23. The molecule has 2 aromatic rings. The molecule has 0 aliphatic carbocycles. The van der Waals surface area contributed by atoms with Gasteiger partial charge in [-0.25, -0.2) is 0 Å². The van der Waals surface area contributed by atoms with E-state index in [0.29, 0.717) is 34.5 Å². The molecule has 140 valence electrons. The highest BCUT2D eigenvalue weighted by atomic mass is 16.5. The van der Waals surface area contributed by atoms with E-state index >= 15 is 0 Å². The Labute approximate surface area is 153 Å². The van der Waals surface area contributed by atoms with E-state index in [1.165, 1.54) is 0 Å². The smallest absolute Gasteiger partial charge is 0.164 e. The van der Waals surface area contributed by atoms with Crippen molar-refractivity contribution in [1.82, 2.24) is 0 Å². The van der Waals surface area contributed by atoms with E-state index in [1.807, 2.05) is 24.3 Å². The SMILES string of the molecule is COc1cc(OC)c(OC)cc1/C=C/c1cc(OC)c(OC)cc1OC. The summed E-state index contributed by atoms with van der Waals surface area (Å²) in [5.74, 6) is 3.77. The van der Waals surface area contributed by atoms with Crippen LogP contribution in [0.15, 0.2) is 24.3 Å². The van der Waals surface area contributed by atoms with E-state index in [0.717, 1.165) is 11.1 Å². The molecule has 0 aromatic heterocycles. The molecule has 0 aliphatic rings. The van der Waals surface area contributed by atoms with Crippen LogP contribution in [0.4, 0.5) is 0 Å². The molecule has 0 N–H and O–H groups in total. The third kappa shape index (κ3) is 3.96.